The van der Waals surface area contributed by atoms with Crippen molar-refractivity contribution in [2.75, 3.05) is 0 Å². The van der Waals surface area contributed by atoms with Gasteiger partial charge in [-0.05, 0) is 19.4 Å². The van der Waals surface area contributed by atoms with Gasteiger partial charge in [0.15, 0.2) is 0 Å². The molecule has 1 aromatic heterocycles. The molecule has 0 aliphatic carbocycles. The van der Waals surface area contributed by atoms with Gasteiger partial charge in [0, 0.05) is 0 Å². The lowest BCUT2D eigenvalue weighted by Crippen LogP contribution is -2.40. The number of hydrogen-bond donors (Lipinski definition) is 2. The number of carboxylic acid groups (broad SMARTS) is 1. The van der Waals surface area contributed by atoms with Crippen LogP contribution >= 0.6 is 0 Å². The first-order valence-electron chi connectivity index (χ1n) is 4.82. The van der Waals surface area contributed by atoms with Crippen molar-refractivity contribution < 1.29 is 19.1 Å². The maximum atomic E-state index is 11.5. The van der Waals surface area contributed by atoms with Gasteiger partial charge in [0.2, 0.25) is 0 Å². The molecule has 0 radical (unpaired) electrons. The first-order chi connectivity index (χ1) is 7.65. The number of carbonyl (C=O) groups excluding carboxylic acids is 1. The zero-order valence-electron chi connectivity index (χ0n) is 8.84. The van der Waals surface area contributed by atoms with Gasteiger partial charge in [-0.3, -0.25) is 4.79 Å². The Morgan fingerprint density at radius 3 is 2.88 bits per heavy atom. The topological polar surface area (TPSA) is 79.5 Å². The summed E-state index contributed by atoms with van der Waals surface area (Å²) in [5.41, 5.74) is 0.312. The molecule has 1 rings (SSSR count). The van der Waals surface area contributed by atoms with Crippen molar-refractivity contribution in [3.63, 3.8) is 0 Å². The van der Waals surface area contributed by atoms with Crippen LogP contribution in [0, 0.1) is 0 Å². The van der Waals surface area contributed by atoms with E-state index < -0.39 is 17.9 Å². The largest absolute Gasteiger partial charge is 0.480 e. The highest BCUT2D eigenvalue weighted by Crippen LogP contribution is 2.02. The molecule has 2 N–H and O–H groups in total. The minimum Gasteiger partial charge on any atom is -0.480 e. The Hall–Kier alpha value is -2.04. The molecule has 1 atom stereocenters. The van der Waals surface area contributed by atoms with Gasteiger partial charge in [0.05, 0.1) is 11.8 Å². The third-order valence-corrected chi connectivity index (χ3v) is 1.99. The molecule has 86 valence electrons. The van der Waals surface area contributed by atoms with Crippen molar-refractivity contribution in [3.05, 3.63) is 36.3 Å². The molecular formula is C11H13NO4. The normalized spacial score (nSPS) is 12.6. The fourth-order valence-electron chi connectivity index (χ4n) is 1.13. The molecule has 0 aromatic carbocycles. The summed E-state index contributed by atoms with van der Waals surface area (Å²) in [6.45, 7) is 1.79. The van der Waals surface area contributed by atoms with Gasteiger partial charge in [-0.1, -0.05) is 12.2 Å². The summed E-state index contributed by atoms with van der Waals surface area (Å²) >= 11 is 0. The van der Waals surface area contributed by atoms with Crippen LogP contribution in [0.4, 0.5) is 0 Å². The highest BCUT2D eigenvalue weighted by atomic mass is 16.4. The van der Waals surface area contributed by atoms with Crippen molar-refractivity contribution in [2.45, 2.75) is 19.4 Å². The number of carboxylic acids is 1. The maximum absolute atomic E-state index is 11.5. The highest BCUT2D eigenvalue weighted by Gasteiger charge is 2.19. The first-order valence-corrected chi connectivity index (χ1v) is 4.82. The second-order valence-corrected chi connectivity index (χ2v) is 3.18. The van der Waals surface area contributed by atoms with Crippen molar-refractivity contribution in [3.8, 4) is 0 Å². The lowest BCUT2D eigenvalue weighted by atomic mass is 10.2. The number of aliphatic carboxylic acids is 1. The highest BCUT2D eigenvalue weighted by molar-refractivity contribution is 5.96. The molecule has 16 heavy (non-hydrogen) atoms. The Morgan fingerprint density at radius 1 is 1.62 bits per heavy atom. The van der Waals surface area contributed by atoms with Crippen LogP contribution in [0.1, 0.15) is 23.7 Å². The molecule has 0 spiro atoms. The molecule has 1 aromatic rings. The molecule has 5 heteroatoms. The Morgan fingerprint density at radius 2 is 2.38 bits per heavy atom. The molecule has 0 bridgehead atoms. The Balaban J connectivity index is 2.61. The molecule has 0 aliphatic heterocycles. The summed E-state index contributed by atoms with van der Waals surface area (Å²) in [5, 5.41) is 11.3. The average molecular weight is 223 g/mol. The van der Waals surface area contributed by atoms with E-state index in [1.165, 1.54) is 18.6 Å². The SMILES string of the molecule is C/C=C/CC(NC(=O)c1ccoc1)C(=O)O. The summed E-state index contributed by atoms with van der Waals surface area (Å²) < 4.78 is 4.74. The molecule has 0 saturated heterocycles. The standard InChI is InChI=1S/C11H13NO4/c1-2-3-4-9(11(14)15)12-10(13)8-5-6-16-7-8/h2-3,5-7,9H,4H2,1H3,(H,12,13)(H,14,15)/b3-2+. The van der Waals surface area contributed by atoms with Crippen LogP contribution in [-0.4, -0.2) is 23.0 Å². The van der Waals surface area contributed by atoms with E-state index in [1.807, 2.05) is 0 Å². The number of amides is 1. The summed E-state index contributed by atoms with van der Waals surface area (Å²) in [7, 11) is 0. The Labute approximate surface area is 92.8 Å². The monoisotopic (exact) mass is 223 g/mol. The number of hydrogen-bond acceptors (Lipinski definition) is 3. The number of rotatable bonds is 5. The summed E-state index contributed by atoms with van der Waals surface area (Å²) in [4.78, 5) is 22.4. The molecule has 0 aliphatic rings. The van der Waals surface area contributed by atoms with Gasteiger partial charge >= 0.3 is 5.97 Å². The third-order valence-electron chi connectivity index (χ3n) is 1.99. The molecule has 1 unspecified atom stereocenters. The predicted octanol–water partition coefficient (Wildman–Crippen LogP) is 1.43. The zero-order chi connectivity index (χ0) is 12.0. The number of furan rings is 1. The quantitative estimate of drug-likeness (QED) is 0.740. The van der Waals surface area contributed by atoms with Crippen molar-refractivity contribution >= 4 is 11.9 Å². The molecule has 1 amide bonds. The van der Waals surface area contributed by atoms with E-state index in [-0.39, 0.29) is 6.42 Å². The molecular weight excluding hydrogens is 210 g/mol. The van der Waals surface area contributed by atoms with E-state index in [0.29, 0.717) is 5.56 Å². The van der Waals surface area contributed by atoms with Crippen molar-refractivity contribution in [2.24, 2.45) is 0 Å². The molecule has 1 heterocycles. The minimum atomic E-state index is -1.06. The van der Waals surface area contributed by atoms with Gasteiger partial charge in [-0.15, -0.1) is 0 Å². The second kappa shape index (κ2) is 5.75. The fourth-order valence-corrected chi connectivity index (χ4v) is 1.13. The van der Waals surface area contributed by atoms with E-state index in [9.17, 15) is 9.59 Å². The first kappa shape index (κ1) is 12.0. The number of allylic oxidation sites excluding steroid dienone is 1. The lowest BCUT2D eigenvalue weighted by molar-refractivity contribution is -0.139. The third kappa shape index (κ3) is 3.27. The van der Waals surface area contributed by atoms with Crippen molar-refractivity contribution in [1.82, 2.24) is 5.32 Å². The van der Waals surface area contributed by atoms with Crippen LogP contribution in [0.2, 0.25) is 0 Å². The van der Waals surface area contributed by atoms with E-state index in [2.05, 4.69) is 5.32 Å². The van der Waals surface area contributed by atoms with E-state index in [1.54, 1.807) is 19.1 Å². The summed E-state index contributed by atoms with van der Waals surface area (Å²) in [6.07, 6.45) is 6.31. The fraction of sp³-hybridized carbons (Fsp3) is 0.273. The van der Waals surface area contributed by atoms with Crippen LogP contribution in [0.3, 0.4) is 0 Å². The van der Waals surface area contributed by atoms with Gasteiger partial charge in [-0.25, -0.2) is 4.79 Å². The molecule has 5 nitrogen and oxygen atoms in total. The smallest absolute Gasteiger partial charge is 0.326 e. The predicted molar refractivity (Wildman–Crippen MR) is 57.0 cm³/mol. The van der Waals surface area contributed by atoms with Crippen LogP contribution in [0.25, 0.3) is 0 Å². The summed E-state index contributed by atoms with van der Waals surface area (Å²) in [6, 6.07) is 0.558. The number of nitrogens with one attached hydrogen (secondary N) is 1. The van der Waals surface area contributed by atoms with Gasteiger partial charge in [-0.2, -0.15) is 0 Å². The summed E-state index contributed by atoms with van der Waals surface area (Å²) in [5.74, 6) is -1.51. The van der Waals surface area contributed by atoms with Crippen LogP contribution in [0.5, 0.6) is 0 Å². The van der Waals surface area contributed by atoms with E-state index in [4.69, 9.17) is 9.52 Å². The van der Waals surface area contributed by atoms with Gasteiger partial charge in [0.1, 0.15) is 12.3 Å². The van der Waals surface area contributed by atoms with Crippen LogP contribution < -0.4 is 5.32 Å². The molecule has 0 saturated carbocycles. The second-order valence-electron chi connectivity index (χ2n) is 3.18. The van der Waals surface area contributed by atoms with Gasteiger partial charge in [0.25, 0.3) is 5.91 Å². The van der Waals surface area contributed by atoms with Crippen LogP contribution in [-0.2, 0) is 4.79 Å². The van der Waals surface area contributed by atoms with E-state index in [0.717, 1.165) is 0 Å². The Kier molecular flexibility index (Phi) is 4.32. The average Bonchev–Trinajstić information content (AvgIpc) is 2.76. The Bertz CT molecular complexity index is 381. The van der Waals surface area contributed by atoms with Gasteiger partial charge < -0.3 is 14.8 Å². The number of carbonyl (C=O) groups is 2. The zero-order valence-corrected chi connectivity index (χ0v) is 8.84. The minimum absolute atomic E-state index is 0.259. The van der Waals surface area contributed by atoms with E-state index >= 15 is 0 Å². The lowest BCUT2D eigenvalue weighted by Gasteiger charge is -2.11. The van der Waals surface area contributed by atoms with Crippen molar-refractivity contribution in [1.29, 1.82) is 0 Å². The maximum Gasteiger partial charge on any atom is 0.326 e. The molecule has 0 fully saturated rings. The van der Waals surface area contributed by atoms with Crippen LogP contribution in [0.15, 0.2) is 35.2 Å².